The van der Waals surface area contributed by atoms with Gasteiger partial charge in [0.05, 0.1) is 6.10 Å². The highest BCUT2D eigenvalue weighted by atomic mass is 35.5. The van der Waals surface area contributed by atoms with Crippen molar-refractivity contribution in [3.8, 4) is 0 Å². The van der Waals surface area contributed by atoms with Crippen molar-refractivity contribution in [1.82, 2.24) is 4.90 Å². The van der Waals surface area contributed by atoms with Crippen molar-refractivity contribution >= 4 is 11.6 Å². The van der Waals surface area contributed by atoms with Crippen molar-refractivity contribution in [2.45, 2.75) is 18.9 Å². The van der Waals surface area contributed by atoms with E-state index in [0.717, 1.165) is 24.9 Å². The summed E-state index contributed by atoms with van der Waals surface area (Å²) >= 11 is 5.77. The van der Waals surface area contributed by atoms with Crippen molar-refractivity contribution in [3.05, 3.63) is 34.9 Å². The van der Waals surface area contributed by atoms with Crippen LogP contribution in [0.5, 0.6) is 0 Å². The fraction of sp³-hybridized carbons (Fsp3) is 0.500. The van der Waals surface area contributed by atoms with Gasteiger partial charge in [0.25, 0.3) is 0 Å². The third-order valence-corrected chi connectivity index (χ3v) is 2.59. The summed E-state index contributed by atoms with van der Waals surface area (Å²) in [4.78, 5) is 2.12. The van der Waals surface area contributed by atoms with Crippen LogP contribution in [0.2, 0.25) is 5.02 Å². The van der Waals surface area contributed by atoms with Gasteiger partial charge in [0.2, 0.25) is 0 Å². The molecule has 0 aliphatic carbocycles. The molecule has 1 aromatic carbocycles. The Labute approximate surface area is 96.5 Å². The van der Waals surface area contributed by atoms with Crippen molar-refractivity contribution in [2.24, 2.45) is 0 Å². The smallest absolute Gasteiger partial charge is 0.0790 e. The SMILES string of the molecule is CN(C)CCCC(O)c1ccc(Cl)cc1. The van der Waals surface area contributed by atoms with Gasteiger partial charge >= 0.3 is 0 Å². The summed E-state index contributed by atoms with van der Waals surface area (Å²) in [5, 5.41) is 10.6. The highest BCUT2D eigenvalue weighted by Crippen LogP contribution is 2.20. The van der Waals surface area contributed by atoms with E-state index in [1.54, 1.807) is 0 Å². The zero-order valence-electron chi connectivity index (χ0n) is 9.28. The maximum absolute atomic E-state index is 9.86. The minimum atomic E-state index is -0.373. The lowest BCUT2D eigenvalue weighted by molar-refractivity contribution is 0.160. The Balaban J connectivity index is 2.40. The number of nitrogens with zero attached hydrogens (tertiary/aromatic N) is 1. The predicted molar refractivity (Wildman–Crippen MR) is 64.2 cm³/mol. The van der Waals surface area contributed by atoms with Crippen LogP contribution in [0.1, 0.15) is 24.5 Å². The average molecular weight is 228 g/mol. The van der Waals surface area contributed by atoms with Gasteiger partial charge in [-0.25, -0.2) is 0 Å². The van der Waals surface area contributed by atoms with Gasteiger partial charge in [-0.05, 0) is 51.2 Å². The predicted octanol–water partition coefficient (Wildman–Crippen LogP) is 2.72. The monoisotopic (exact) mass is 227 g/mol. The molecule has 0 radical (unpaired) electrons. The molecule has 0 aliphatic heterocycles. The number of hydrogen-bond donors (Lipinski definition) is 1. The van der Waals surface area contributed by atoms with E-state index in [0.29, 0.717) is 5.02 Å². The van der Waals surface area contributed by atoms with Gasteiger partial charge < -0.3 is 10.0 Å². The average Bonchev–Trinajstić information content (AvgIpc) is 2.18. The maximum Gasteiger partial charge on any atom is 0.0790 e. The molecule has 1 unspecified atom stereocenters. The lowest BCUT2D eigenvalue weighted by Crippen LogP contribution is -2.13. The molecule has 0 saturated carbocycles. The summed E-state index contributed by atoms with van der Waals surface area (Å²) in [5.41, 5.74) is 0.943. The Bertz CT molecular complexity index is 284. The summed E-state index contributed by atoms with van der Waals surface area (Å²) in [6.07, 6.45) is 1.42. The van der Waals surface area contributed by atoms with E-state index in [9.17, 15) is 5.11 Å². The lowest BCUT2D eigenvalue weighted by atomic mass is 10.1. The topological polar surface area (TPSA) is 23.5 Å². The standard InChI is InChI=1S/C12H18ClNO/c1-14(2)9-3-4-12(15)10-5-7-11(13)8-6-10/h5-8,12,15H,3-4,9H2,1-2H3. The molecular formula is C12H18ClNO. The Kier molecular flexibility index (Phi) is 5.09. The Morgan fingerprint density at radius 2 is 1.87 bits per heavy atom. The molecule has 0 spiro atoms. The largest absolute Gasteiger partial charge is 0.388 e. The summed E-state index contributed by atoms with van der Waals surface area (Å²) in [6, 6.07) is 7.38. The quantitative estimate of drug-likeness (QED) is 0.836. The number of halogens is 1. The Morgan fingerprint density at radius 1 is 1.27 bits per heavy atom. The molecule has 1 atom stereocenters. The third-order valence-electron chi connectivity index (χ3n) is 2.34. The summed E-state index contributed by atoms with van der Waals surface area (Å²) < 4.78 is 0. The minimum absolute atomic E-state index is 0.373. The second kappa shape index (κ2) is 6.11. The fourth-order valence-electron chi connectivity index (χ4n) is 1.45. The number of aliphatic hydroxyl groups excluding tert-OH is 1. The van der Waals surface area contributed by atoms with Crippen LogP contribution < -0.4 is 0 Å². The van der Waals surface area contributed by atoms with Crippen LogP contribution >= 0.6 is 11.6 Å². The van der Waals surface area contributed by atoms with E-state index < -0.39 is 0 Å². The highest BCUT2D eigenvalue weighted by molar-refractivity contribution is 6.30. The Hall–Kier alpha value is -0.570. The molecule has 3 heteroatoms. The molecule has 1 rings (SSSR count). The van der Waals surface area contributed by atoms with Gasteiger partial charge in [-0.2, -0.15) is 0 Å². The molecule has 0 fully saturated rings. The van der Waals surface area contributed by atoms with Crippen molar-refractivity contribution < 1.29 is 5.11 Å². The molecule has 15 heavy (non-hydrogen) atoms. The van der Waals surface area contributed by atoms with Crippen LogP contribution in [0.3, 0.4) is 0 Å². The van der Waals surface area contributed by atoms with Crippen LogP contribution in [0.15, 0.2) is 24.3 Å². The first-order chi connectivity index (χ1) is 7.09. The number of aliphatic hydroxyl groups is 1. The summed E-state index contributed by atoms with van der Waals surface area (Å²) in [7, 11) is 4.07. The number of hydrogen-bond acceptors (Lipinski definition) is 2. The zero-order valence-corrected chi connectivity index (χ0v) is 10.0. The normalized spacial score (nSPS) is 13.1. The summed E-state index contributed by atoms with van der Waals surface area (Å²) in [5.74, 6) is 0. The first kappa shape index (κ1) is 12.5. The molecule has 0 amide bonds. The number of benzene rings is 1. The molecule has 1 aromatic rings. The minimum Gasteiger partial charge on any atom is -0.388 e. The highest BCUT2D eigenvalue weighted by Gasteiger charge is 2.06. The van der Waals surface area contributed by atoms with Crippen LogP contribution in [0, 0.1) is 0 Å². The summed E-state index contributed by atoms with van der Waals surface area (Å²) in [6.45, 7) is 1.00. The molecular weight excluding hydrogens is 210 g/mol. The molecule has 1 N–H and O–H groups in total. The van der Waals surface area contributed by atoms with Gasteiger partial charge in [0, 0.05) is 5.02 Å². The van der Waals surface area contributed by atoms with Crippen LogP contribution in [-0.2, 0) is 0 Å². The maximum atomic E-state index is 9.86. The first-order valence-electron chi connectivity index (χ1n) is 5.18. The third kappa shape index (κ3) is 4.65. The molecule has 0 heterocycles. The van der Waals surface area contributed by atoms with Crippen molar-refractivity contribution in [3.63, 3.8) is 0 Å². The van der Waals surface area contributed by atoms with E-state index in [-0.39, 0.29) is 6.10 Å². The van der Waals surface area contributed by atoms with E-state index in [4.69, 9.17) is 11.6 Å². The van der Waals surface area contributed by atoms with Crippen LogP contribution in [0.4, 0.5) is 0 Å². The number of rotatable bonds is 5. The van der Waals surface area contributed by atoms with Gasteiger partial charge in [-0.15, -0.1) is 0 Å². The van der Waals surface area contributed by atoms with E-state index in [1.165, 1.54) is 0 Å². The van der Waals surface area contributed by atoms with Gasteiger partial charge in [-0.1, -0.05) is 23.7 Å². The van der Waals surface area contributed by atoms with Crippen molar-refractivity contribution in [2.75, 3.05) is 20.6 Å². The molecule has 0 saturated heterocycles. The van der Waals surface area contributed by atoms with Gasteiger partial charge in [0.1, 0.15) is 0 Å². The molecule has 0 aromatic heterocycles. The second-order valence-electron chi connectivity index (χ2n) is 4.01. The van der Waals surface area contributed by atoms with Crippen molar-refractivity contribution in [1.29, 1.82) is 0 Å². The molecule has 0 aliphatic rings. The van der Waals surface area contributed by atoms with Crippen LogP contribution in [-0.4, -0.2) is 30.6 Å². The molecule has 2 nitrogen and oxygen atoms in total. The zero-order chi connectivity index (χ0) is 11.3. The van der Waals surface area contributed by atoms with E-state index in [2.05, 4.69) is 4.90 Å². The van der Waals surface area contributed by atoms with Gasteiger partial charge in [0.15, 0.2) is 0 Å². The first-order valence-corrected chi connectivity index (χ1v) is 5.55. The molecule has 0 bridgehead atoms. The van der Waals surface area contributed by atoms with Crippen LogP contribution in [0.25, 0.3) is 0 Å². The second-order valence-corrected chi connectivity index (χ2v) is 4.45. The van der Waals surface area contributed by atoms with Gasteiger partial charge in [-0.3, -0.25) is 0 Å². The molecule has 84 valence electrons. The fourth-order valence-corrected chi connectivity index (χ4v) is 1.58. The lowest BCUT2D eigenvalue weighted by Gasteiger charge is -2.13. The van der Waals surface area contributed by atoms with E-state index in [1.807, 2.05) is 38.4 Å². The Morgan fingerprint density at radius 3 is 2.40 bits per heavy atom. The van der Waals surface area contributed by atoms with E-state index >= 15 is 0 Å².